The molecule has 1 saturated heterocycles. The second-order valence-corrected chi connectivity index (χ2v) is 3.95. The first-order chi connectivity index (χ1) is 7.19. The van der Waals surface area contributed by atoms with E-state index < -0.39 is 0 Å². The molecule has 0 saturated carbocycles. The Bertz CT molecular complexity index is 253. The van der Waals surface area contributed by atoms with Crippen LogP contribution in [0.5, 0.6) is 0 Å². The molecule has 15 heavy (non-hydrogen) atoms. The molecule has 1 fully saturated rings. The highest BCUT2D eigenvalue weighted by Crippen LogP contribution is 2.17. The molecule has 1 aliphatic rings. The van der Waals surface area contributed by atoms with Crippen molar-refractivity contribution in [3.05, 3.63) is 0 Å². The summed E-state index contributed by atoms with van der Waals surface area (Å²) in [5.74, 6) is 0.432. The summed E-state index contributed by atoms with van der Waals surface area (Å²) < 4.78 is 0. The van der Waals surface area contributed by atoms with Gasteiger partial charge >= 0.3 is 0 Å². The van der Waals surface area contributed by atoms with Crippen LogP contribution in [-0.2, 0) is 4.79 Å². The first-order valence-electron chi connectivity index (χ1n) is 5.44. The summed E-state index contributed by atoms with van der Waals surface area (Å²) in [5, 5.41) is 11.6. The smallest absolute Gasteiger partial charge is 0.222 e. The predicted octanol–water partition coefficient (Wildman–Crippen LogP) is 0.772. The van der Waals surface area contributed by atoms with Crippen LogP contribution in [0, 0.1) is 5.92 Å². The number of hydrogen-bond acceptors (Lipinski definition) is 3. The highest BCUT2D eigenvalue weighted by Gasteiger charge is 2.25. The molecule has 0 spiro atoms. The number of hydrogen-bond donors (Lipinski definition) is 2. The number of nitrogens with zero attached hydrogens (tertiary/aromatic N) is 2. The predicted molar refractivity (Wildman–Crippen MR) is 57.6 cm³/mol. The Balaban J connectivity index is 2.52. The summed E-state index contributed by atoms with van der Waals surface area (Å²) in [6, 6.07) is 0. The molecule has 0 bridgehead atoms. The number of carbonyl (C=O) groups is 1. The van der Waals surface area contributed by atoms with Crippen LogP contribution in [0.1, 0.15) is 32.6 Å². The van der Waals surface area contributed by atoms with E-state index in [1.54, 1.807) is 0 Å². The molecule has 1 rings (SSSR count). The van der Waals surface area contributed by atoms with Gasteiger partial charge in [-0.3, -0.25) is 4.79 Å². The Hall–Kier alpha value is -1.26. The van der Waals surface area contributed by atoms with Gasteiger partial charge in [0, 0.05) is 25.4 Å². The number of amidine groups is 1. The van der Waals surface area contributed by atoms with Gasteiger partial charge in [0.15, 0.2) is 0 Å². The van der Waals surface area contributed by atoms with Gasteiger partial charge in [0.1, 0.15) is 5.84 Å². The maximum absolute atomic E-state index is 11.6. The van der Waals surface area contributed by atoms with E-state index in [0.29, 0.717) is 13.0 Å². The molecule has 0 aromatic carbocycles. The molecule has 1 unspecified atom stereocenters. The third-order valence-corrected chi connectivity index (χ3v) is 2.77. The fraction of sp³-hybridized carbons (Fsp3) is 0.800. The molecule has 1 amide bonds. The SMILES string of the molecule is CCCC(=O)N1CCCC(C(N)=NO)C1. The largest absolute Gasteiger partial charge is 0.409 e. The lowest BCUT2D eigenvalue weighted by atomic mass is 9.97. The minimum atomic E-state index is 0.0181. The first-order valence-corrected chi connectivity index (χ1v) is 5.44. The van der Waals surface area contributed by atoms with Crippen molar-refractivity contribution >= 4 is 11.7 Å². The van der Waals surface area contributed by atoms with Gasteiger partial charge in [-0.25, -0.2) is 0 Å². The van der Waals surface area contributed by atoms with Crippen LogP contribution in [0.4, 0.5) is 0 Å². The molecule has 0 radical (unpaired) electrons. The van der Waals surface area contributed by atoms with Gasteiger partial charge < -0.3 is 15.8 Å². The van der Waals surface area contributed by atoms with Crippen molar-refractivity contribution in [3.63, 3.8) is 0 Å². The van der Waals surface area contributed by atoms with Crippen molar-refractivity contribution < 1.29 is 10.0 Å². The highest BCUT2D eigenvalue weighted by atomic mass is 16.4. The molecular weight excluding hydrogens is 194 g/mol. The van der Waals surface area contributed by atoms with Gasteiger partial charge in [-0.05, 0) is 19.3 Å². The molecule has 86 valence electrons. The van der Waals surface area contributed by atoms with Crippen LogP contribution in [0.15, 0.2) is 5.16 Å². The zero-order chi connectivity index (χ0) is 11.3. The van der Waals surface area contributed by atoms with E-state index in [-0.39, 0.29) is 17.7 Å². The fourth-order valence-corrected chi connectivity index (χ4v) is 1.90. The molecule has 1 atom stereocenters. The second kappa shape index (κ2) is 5.58. The third-order valence-electron chi connectivity index (χ3n) is 2.77. The number of likely N-dealkylation sites (tertiary alicyclic amines) is 1. The Kier molecular flexibility index (Phi) is 4.39. The summed E-state index contributed by atoms with van der Waals surface area (Å²) in [6.07, 6.45) is 3.27. The van der Waals surface area contributed by atoms with E-state index in [1.165, 1.54) is 0 Å². The zero-order valence-electron chi connectivity index (χ0n) is 9.15. The van der Waals surface area contributed by atoms with Gasteiger partial charge in [0.05, 0.1) is 0 Å². The molecule has 0 aromatic heterocycles. The monoisotopic (exact) mass is 213 g/mol. The summed E-state index contributed by atoms with van der Waals surface area (Å²) in [6.45, 7) is 3.38. The van der Waals surface area contributed by atoms with Crippen molar-refractivity contribution in [2.45, 2.75) is 32.6 Å². The van der Waals surface area contributed by atoms with E-state index in [2.05, 4.69) is 5.16 Å². The summed E-state index contributed by atoms with van der Waals surface area (Å²) in [5.41, 5.74) is 5.55. The lowest BCUT2D eigenvalue weighted by molar-refractivity contribution is -0.132. The number of carbonyl (C=O) groups excluding carboxylic acids is 1. The normalized spacial score (nSPS) is 22.9. The van der Waals surface area contributed by atoms with Crippen molar-refractivity contribution in [1.82, 2.24) is 4.90 Å². The lowest BCUT2D eigenvalue weighted by Crippen LogP contribution is -2.44. The van der Waals surface area contributed by atoms with E-state index in [4.69, 9.17) is 10.9 Å². The van der Waals surface area contributed by atoms with Crippen LogP contribution in [-0.4, -0.2) is 34.9 Å². The fourth-order valence-electron chi connectivity index (χ4n) is 1.90. The van der Waals surface area contributed by atoms with E-state index in [1.807, 2.05) is 11.8 Å². The second-order valence-electron chi connectivity index (χ2n) is 3.95. The molecule has 0 aliphatic carbocycles. The Morgan fingerprint density at radius 3 is 3.00 bits per heavy atom. The Labute approximate surface area is 89.9 Å². The van der Waals surface area contributed by atoms with Gasteiger partial charge in [-0.15, -0.1) is 0 Å². The molecule has 3 N–H and O–H groups in total. The number of amides is 1. The molecule has 5 heteroatoms. The van der Waals surface area contributed by atoms with Gasteiger partial charge in [-0.2, -0.15) is 0 Å². The Morgan fingerprint density at radius 1 is 1.67 bits per heavy atom. The van der Waals surface area contributed by atoms with Gasteiger partial charge in [0.2, 0.25) is 5.91 Å². The molecule has 5 nitrogen and oxygen atoms in total. The lowest BCUT2D eigenvalue weighted by Gasteiger charge is -2.32. The maximum atomic E-state index is 11.6. The first kappa shape index (κ1) is 11.8. The van der Waals surface area contributed by atoms with Crippen LogP contribution < -0.4 is 5.73 Å². The topological polar surface area (TPSA) is 78.9 Å². The van der Waals surface area contributed by atoms with E-state index in [9.17, 15) is 4.79 Å². The quantitative estimate of drug-likeness (QED) is 0.314. The Morgan fingerprint density at radius 2 is 2.40 bits per heavy atom. The van der Waals surface area contributed by atoms with Crippen molar-refractivity contribution in [2.75, 3.05) is 13.1 Å². The number of nitrogens with two attached hydrogens (primary N) is 1. The molecule has 0 aromatic rings. The highest BCUT2D eigenvalue weighted by molar-refractivity contribution is 5.83. The number of oxime groups is 1. The van der Waals surface area contributed by atoms with E-state index >= 15 is 0 Å². The summed E-state index contributed by atoms with van der Waals surface area (Å²) >= 11 is 0. The van der Waals surface area contributed by atoms with Crippen LogP contribution >= 0.6 is 0 Å². The standard InChI is InChI=1S/C10H19N3O2/c1-2-4-9(14)13-6-3-5-8(7-13)10(11)12-15/h8,15H,2-7H2,1H3,(H2,11,12). The molecule has 1 aliphatic heterocycles. The van der Waals surface area contributed by atoms with Crippen LogP contribution in [0.3, 0.4) is 0 Å². The summed E-state index contributed by atoms with van der Waals surface area (Å²) in [7, 11) is 0. The number of piperidine rings is 1. The minimum absolute atomic E-state index is 0.0181. The average Bonchev–Trinajstić information content (AvgIpc) is 2.28. The minimum Gasteiger partial charge on any atom is -0.409 e. The average molecular weight is 213 g/mol. The zero-order valence-corrected chi connectivity index (χ0v) is 9.15. The van der Waals surface area contributed by atoms with Crippen molar-refractivity contribution in [3.8, 4) is 0 Å². The van der Waals surface area contributed by atoms with Crippen molar-refractivity contribution in [2.24, 2.45) is 16.8 Å². The molecule has 1 heterocycles. The molecular formula is C10H19N3O2. The van der Waals surface area contributed by atoms with Gasteiger partial charge in [0.25, 0.3) is 0 Å². The van der Waals surface area contributed by atoms with Gasteiger partial charge in [-0.1, -0.05) is 12.1 Å². The number of rotatable bonds is 3. The third kappa shape index (κ3) is 3.11. The van der Waals surface area contributed by atoms with E-state index in [0.717, 1.165) is 25.8 Å². The van der Waals surface area contributed by atoms with Crippen LogP contribution in [0.25, 0.3) is 0 Å². The maximum Gasteiger partial charge on any atom is 0.222 e. The van der Waals surface area contributed by atoms with Crippen LogP contribution in [0.2, 0.25) is 0 Å². The summed E-state index contributed by atoms with van der Waals surface area (Å²) in [4.78, 5) is 13.5. The van der Waals surface area contributed by atoms with Crippen molar-refractivity contribution in [1.29, 1.82) is 0 Å².